The number of hydrogen-bond acceptors (Lipinski definition) is 2. The number of unbranched alkanes of at least 4 members (excludes halogenated alkanes) is 2. The number of anilines is 1. The predicted molar refractivity (Wildman–Crippen MR) is 121 cm³/mol. The predicted octanol–water partition coefficient (Wildman–Crippen LogP) is 7.98. The molecule has 0 aliphatic rings. The lowest BCUT2D eigenvalue weighted by Crippen LogP contribution is -2.03. The van der Waals surface area contributed by atoms with Gasteiger partial charge in [0.05, 0.1) is 0 Å². The van der Waals surface area contributed by atoms with Crippen molar-refractivity contribution in [3.63, 3.8) is 0 Å². The minimum Gasteiger partial charge on any atom is -0.384 e. The van der Waals surface area contributed by atoms with E-state index in [0.717, 1.165) is 12.3 Å². The van der Waals surface area contributed by atoms with E-state index < -0.39 is 0 Å². The molecule has 0 radical (unpaired) electrons. The molecule has 2 nitrogen and oxygen atoms in total. The summed E-state index contributed by atoms with van der Waals surface area (Å²) in [5.74, 6) is 1.41. The Morgan fingerprint density at radius 1 is 0.962 bits per heavy atom. The highest BCUT2D eigenvalue weighted by Crippen LogP contribution is 2.24. The third-order valence-electron chi connectivity index (χ3n) is 4.46. The highest BCUT2D eigenvalue weighted by molar-refractivity contribution is 5.31. The molecule has 0 amide bonds. The number of hydrogen-bond donors (Lipinski definition) is 1. The van der Waals surface area contributed by atoms with Gasteiger partial charge >= 0.3 is 0 Å². The van der Waals surface area contributed by atoms with Crippen molar-refractivity contribution < 1.29 is 0 Å². The van der Waals surface area contributed by atoms with Crippen molar-refractivity contribution in [1.29, 1.82) is 0 Å². The summed E-state index contributed by atoms with van der Waals surface area (Å²) in [7, 11) is 0. The van der Waals surface area contributed by atoms with Gasteiger partial charge in [-0.2, -0.15) is 0 Å². The largest absolute Gasteiger partial charge is 0.384 e. The zero-order chi connectivity index (χ0) is 20.2. The summed E-state index contributed by atoms with van der Waals surface area (Å²) in [6.45, 7) is 17.5. The minimum atomic E-state index is 0.606. The lowest BCUT2D eigenvalue weighted by atomic mass is 9.88. The van der Waals surface area contributed by atoms with E-state index in [0.29, 0.717) is 5.82 Å². The molecule has 0 bridgehead atoms. The molecule has 2 heteroatoms. The number of nitrogen functional groups attached to an aromatic ring is 1. The second-order valence-corrected chi connectivity index (χ2v) is 6.98. The SMILES string of the molecule is C=C(CCCC)C(CCC)CCC.CCCC.CCc1ccnc(N)c1. The van der Waals surface area contributed by atoms with Crippen LogP contribution in [0.15, 0.2) is 30.5 Å². The van der Waals surface area contributed by atoms with Crippen LogP contribution in [-0.2, 0) is 6.42 Å². The van der Waals surface area contributed by atoms with Gasteiger partial charge in [-0.05, 0) is 55.7 Å². The summed E-state index contributed by atoms with van der Waals surface area (Å²) in [5.41, 5.74) is 8.17. The van der Waals surface area contributed by atoms with Gasteiger partial charge in [-0.25, -0.2) is 4.98 Å². The lowest BCUT2D eigenvalue weighted by Gasteiger charge is -2.18. The van der Waals surface area contributed by atoms with Crippen LogP contribution in [0.3, 0.4) is 0 Å². The van der Waals surface area contributed by atoms with E-state index in [4.69, 9.17) is 5.73 Å². The van der Waals surface area contributed by atoms with Gasteiger partial charge in [0.2, 0.25) is 0 Å². The molecule has 0 aromatic carbocycles. The first-order valence-corrected chi connectivity index (χ1v) is 10.9. The summed E-state index contributed by atoms with van der Waals surface area (Å²) < 4.78 is 0. The third kappa shape index (κ3) is 16.2. The van der Waals surface area contributed by atoms with Gasteiger partial charge in [0.25, 0.3) is 0 Å². The first-order chi connectivity index (χ1) is 12.5. The first kappa shape index (κ1) is 26.9. The Bertz CT molecular complexity index is 418. The molecule has 0 saturated heterocycles. The summed E-state index contributed by atoms with van der Waals surface area (Å²) in [6, 6.07) is 3.86. The Morgan fingerprint density at radius 2 is 1.54 bits per heavy atom. The lowest BCUT2D eigenvalue weighted by molar-refractivity contribution is 0.486. The minimum absolute atomic E-state index is 0.606. The molecule has 26 heavy (non-hydrogen) atoms. The molecule has 0 spiro atoms. The topological polar surface area (TPSA) is 38.9 Å². The van der Waals surface area contributed by atoms with Crippen LogP contribution < -0.4 is 5.73 Å². The fraction of sp³-hybridized carbons (Fsp3) is 0.708. The molecule has 1 rings (SSSR count). The maximum absolute atomic E-state index is 5.42. The summed E-state index contributed by atoms with van der Waals surface area (Å²) >= 11 is 0. The van der Waals surface area contributed by atoms with Gasteiger partial charge in [0, 0.05) is 6.20 Å². The van der Waals surface area contributed by atoms with E-state index in [1.54, 1.807) is 6.20 Å². The molecular weight excluding hydrogens is 316 g/mol. The monoisotopic (exact) mass is 362 g/mol. The molecule has 152 valence electrons. The number of pyridine rings is 1. The van der Waals surface area contributed by atoms with Crippen molar-refractivity contribution >= 4 is 5.82 Å². The fourth-order valence-electron chi connectivity index (χ4n) is 2.57. The molecule has 0 fully saturated rings. The second-order valence-electron chi connectivity index (χ2n) is 6.98. The van der Waals surface area contributed by atoms with Crippen LogP contribution in [0.2, 0.25) is 0 Å². The highest BCUT2D eigenvalue weighted by Gasteiger charge is 2.09. The Hall–Kier alpha value is -1.31. The van der Waals surface area contributed by atoms with Crippen molar-refractivity contribution in [3.8, 4) is 0 Å². The molecule has 2 N–H and O–H groups in total. The average Bonchev–Trinajstić information content (AvgIpc) is 2.66. The Morgan fingerprint density at radius 3 is 1.88 bits per heavy atom. The van der Waals surface area contributed by atoms with Gasteiger partial charge in [-0.1, -0.05) is 85.8 Å². The quantitative estimate of drug-likeness (QED) is 0.428. The molecule has 1 heterocycles. The maximum atomic E-state index is 5.42. The Balaban J connectivity index is 0. The van der Waals surface area contributed by atoms with E-state index in [2.05, 4.69) is 53.1 Å². The molecular formula is C24H46N2. The van der Waals surface area contributed by atoms with Crippen molar-refractivity contribution in [2.24, 2.45) is 5.92 Å². The second kappa shape index (κ2) is 20.0. The third-order valence-corrected chi connectivity index (χ3v) is 4.46. The van der Waals surface area contributed by atoms with Crippen molar-refractivity contribution in [2.75, 3.05) is 5.73 Å². The fourth-order valence-corrected chi connectivity index (χ4v) is 2.57. The number of nitrogens with two attached hydrogens (primary N) is 1. The first-order valence-electron chi connectivity index (χ1n) is 10.9. The number of allylic oxidation sites excluding steroid dienone is 1. The number of aryl methyl sites for hydroxylation is 1. The smallest absolute Gasteiger partial charge is 0.123 e. The van der Waals surface area contributed by atoms with Gasteiger partial charge in [0.15, 0.2) is 0 Å². The highest BCUT2D eigenvalue weighted by atomic mass is 14.8. The Kier molecular flexibility index (Phi) is 20.7. The zero-order valence-electron chi connectivity index (χ0n) is 18.6. The Labute approximate surface area is 164 Å². The van der Waals surface area contributed by atoms with Gasteiger partial charge < -0.3 is 5.73 Å². The number of nitrogens with zero attached hydrogens (tertiary/aromatic N) is 1. The molecule has 0 unspecified atom stereocenters. The maximum Gasteiger partial charge on any atom is 0.123 e. The average molecular weight is 363 g/mol. The van der Waals surface area contributed by atoms with Crippen molar-refractivity contribution in [1.82, 2.24) is 4.98 Å². The molecule has 0 saturated carbocycles. The molecule has 1 aromatic rings. The number of rotatable bonds is 10. The van der Waals surface area contributed by atoms with Gasteiger partial charge in [-0.3, -0.25) is 0 Å². The van der Waals surface area contributed by atoms with Gasteiger partial charge in [0.1, 0.15) is 5.82 Å². The zero-order valence-corrected chi connectivity index (χ0v) is 18.6. The van der Waals surface area contributed by atoms with Gasteiger partial charge in [-0.15, -0.1) is 0 Å². The molecule has 0 aliphatic heterocycles. The van der Waals surface area contributed by atoms with Crippen LogP contribution in [0.4, 0.5) is 5.82 Å². The molecule has 1 aromatic heterocycles. The normalized spacial score (nSPS) is 9.81. The molecule has 0 atom stereocenters. The van der Waals surface area contributed by atoms with E-state index in [1.165, 1.54) is 68.9 Å². The van der Waals surface area contributed by atoms with E-state index in [-0.39, 0.29) is 0 Å². The molecule has 0 aliphatic carbocycles. The summed E-state index contributed by atoms with van der Waals surface area (Å²) in [5, 5.41) is 0. The van der Waals surface area contributed by atoms with Crippen LogP contribution in [0.5, 0.6) is 0 Å². The van der Waals surface area contributed by atoms with Crippen LogP contribution in [0.1, 0.15) is 105 Å². The van der Waals surface area contributed by atoms with E-state index in [1.807, 2.05) is 12.1 Å². The summed E-state index contributed by atoms with van der Waals surface area (Å²) in [6.07, 6.45) is 14.5. The number of aromatic nitrogens is 1. The standard InChI is InChI=1S/C13H26.C7H10N2.C4H10/c1-5-8-11-12(4)13(9-6-2)10-7-3;1-2-6-3-4-9-7(8)5-6;1-3-4-2/h13H,4-11H2,1-3H3;3-5H,2H2,1H3,(H2,8,9);3-4H2,1-2H3. The van der Waals surface area contributed by atoms with Crippen LogP contribution in [0, 0.1) is 5.92 Å². The van der Waals surface area contributed by atoms with Crippen LogP contribution in [-0.4, -0.2) is 4.98 Å². The van der Waals surface area contributed by atoms with E-state index >= 15 is 0 Å². The van der Waals surface area contributed by atoms with Crippen LogP contribution in [0.25, 0.3) is 0 Å². The van der Waals surface area contributed by atoms with Crippen LogP contribution >= 0.6 is 0 Å². The van der Waals surface area contributed by atoms with Crippen molar-refractivity contribution in [3.05, 3.63) is 36.0 Å². The van der Waals surface area contributed by atoms with E-state index in [9.17, 15) is 0 Å². The summed E-state index contributed by atoms with van der Waals surface area (Å²) in [4.78, 5) is 3.87. The van der Waals surface area contributed by atoms with Crippen molar-refractivity contribution in [2.45, 2.75) is 106 Å².